The summed E-state index contributed by atoms with van der Waals surface area (Å²) in [6, 6.07) is -1.25. The molecule has 2 aliphatic heterocycles. The molecule has 4 rings (SSSR count). The van der Waals surface area contributed by atoms with E-state index >= 15 is 0 Å². The minimum absolute atomic E-state index is 0.0242. The van der Waals surface area contributed by atoms with E-state index in [1.807, 2.05) is 12.2 Å². The predicted molar refractivity (Wildman–Crippen MR) is 99.6 cm³/mol. The Morgan fingerprint density at radius 1 is 1.07 bits per heavy atom. The third kappa shape index (κ3) is 3.41. The van der Waals surface area contributed by atoms with Crippen LogP contribution in [0.2, 0.25) is 0 Å². The standard InChI is InChI=1S/C20H27N3O6/c1-20(2,3)28-19(27)22-9-12(21)6-7-13(22)18(26)29-23-16(24)14-10-4-5-11(8-10)15(14)17(23)25/h4-5,10-15H,6-9,21H2,1-3H3/t10?,11?,12-,13+,14?,15?/m1/s1. The van der Waals surface area contributed by atoms with Crippen LogP contribution >= 0.6 is 0 Å². The maximum absolute atomic E-state index is 12.9. The van der Waals surface area contributed by atoms with Crippen molar-refractivity contribution in [2.24, 2.45) is 29.4 Å². The van der Waals surface area contributed by atoms with E-state index in [0.29, 0.717) is 11.5 Å². The normalized spacial score (nSPS) is 35.9. The lowest BCUT2D eigenvalue weighted by Gasteiger charge is -2.37. The van der Waals surface area contributed by atoms with Crippen LogP contribution in [0.1, 0.15) is 40.0 Å². The summed E-state index contributed by atoms with van der Waals surface area (Å²) < 4.78 is 5.38. The van der Waals surface area contributed by atoms with Crippen LogP contribution in [0, 0.1) is 23.7 Å². The largest absolute Gasteiger partial charge is 0.444 e. The van der Waals surface area contributed by atoms with E-state index in [0.717, 1.165) is 6.42 Å². The molecule has 4 unspecified atom stereocenters. The van der Waals surface area contributed by atoms with Crippen LogP contribution in [0.4, 0.5) is 4.79 Å². The van der Waals surface area contributed by atoms with Crippen LogP contribution in [0.3, 0.4) is 0 Å². The molecule has 0 spiro atoms. The van der Waals surface area contributed by atoms with Gasteiger partial charge < -0.3 is 15.3 Å². The Bertz CT molecular complexity index is 758. The first-order valence-electron chi connectivity index (χ1n) is 10.1. The van der Waals surface area contributed by atoms with Crippen molar-refractivity contribution in [2.75, 3.05) is 6.54 Å². The van der Waals surface area contributed by atoms with E-state index < -0.39 is 47.4 Å². The van der Waals surface area contributed by atoms with E-state index in [9.17, 15) is 19.2 Å². The number of hydrogen-bond acceptors (Lipinski definition) is 7. The van der Waals surface area contributed by atoms with Crippen LogP contribution in [0.15, 0.2) is 12.2 Å². The molecule has 158 valence electrons. The summed E-state index contributed by atoms with van der Waals surface area (Å²) in [5.74, 6) is -2.61. The number of rotatable bonds is 2. The van der Waals surface area contributed by atoms with E-state index in [4.69, 9.17) is 15.3 Å². The summed E-state index contributed by atoms with van der Waals surface area (Å²) in [6.45, 7) is 5.32. The first-order valence-corrected chi connectivity index (χ1v) is 10.1. The van der Waals surface area contributed by atoms with Gasteiger partial charge in [-0.15, -0.1) is 5.06 Å². The molecule has 3 amide bonds. The average Bonchev–Trinajstić information content (AvgIpc) is 3.30. The topological polar surface area (TPSA) is 119 Å². The highest BCUT2D eigenvalue weighted by atomic mass is 16.7. The van der Waals surface area contributed by atoms with Gasteiger partial charge in [0.15, 0.2) is 0 Å². The number of carbonyl (C=O) groups excluding carboxylic acids is 4. The first kappa shape index (κ1) is 19.9. The third-order valence-corrected chi connectivity index (χ3v) is 6.13. The van der Waals surface area contributed by atoms with Gasteiger partial charge in [-0.3, -0.25) is 14.5 Å². The Morgan fingerprint density at radius 3 is 2.21 bits per heavy atom. The number of ether oxygens (including phenoxy) is 1. The lowest BCUT2D eigenvalue weighted by atomic mass is 9.85. The smallest absolute Gasteiger partial charge is 0.411 e. The molecule has 0 radical (unpaired) electrons. The fraction of sp³-hybridized carbons (Fsp3) is 0.700. The second-order valence-electron chi connectivity index (χ2n) is 9.37. The van der Waals surface area contributed by atoms with Gasteiger partial charge in [-0.2, -0.15) is 0 Å². The molecule has 0 aromatic heterocycles. The lowest BCUT2D eigenvalue weighted by molar-refractivity contribution is -0.203. The molecule has 29 heavy (non-hydrogen) atoms. The molecule has 6 atom stereocenters. The van der Waals surface area contributed by atoms with E-state index in [1.165, 1.54) is 4.90 Å². The molecule has 9 heteroatoms. The zero-order valence-corrected chi connectivity index (χ0v) is 16.9. The monoisotopic (exact) mass is 405 g/mol. The van der Waals surface area contributed by atoms with Crippen molar-refractivity contribution in [3.8, 4) is 0 Å². The number of likely N-dealkylation sites (tertiary alicyclic amines) is 1. The van der Waals surface area contributed by atoms with Crippen LogP contribution in [-0.4, -0.2) is 58.1 Å². The summed E-state index contributed by atoms with van der Waals surface area (Å²) in [5.41, 5.74) is 5.23. The van der Waals surface area contributed by atoms with Crippen molar-refractivity contribution in [1.82, 2.24) is 9.96 Å². The van der Waals surface area contributed by atoms with E-state index in [-0.39, 0.29) is 30.8 Å². The molecule has 2 N–H and O–H groups in total. The fourth-order valence-corrected chi connectivity index (χ4v) is 4.88. The Morgan fingerprint density at radius 2 is 1.66 bits per heavy atom. The summed E-state index contributed by atoms with van der Waals surface area (Å²) in [4.78, 5) is 57.4. The summed E-state index contributed by atoms with van der Waals surface area (Å²) in [6.07, 6.45) is 4.84. The van der Waals surface area contributed by atoms with Gasteiger partial charge in [-0.05, 0) is 51.9 Å². The van der Waals surface area contributed by atoms with Gasteiger partial charge in [0.2, 0.25) is 0 Å². The van der Waals surface area contributed by atoms with Crippen molar-refractivity contribution in [1.29, 1.82) is 0 Å². The molecule has 2 saturated heterocycles. The van der Waals surface area contributed by atoms with Gasteiger partial charge in [0.1, 0.15) is 11.6 Å². The predicted octanol–water partition coefficient (Wildman–Crippen LogP) is 0.979. The maximum Gasteiger partial charge on any atom is 0.411 e. The van der Waals surface area contributed by atoms with Gasteiger partial charge >= 0.3 is 12.1 Å². The molecule has 2 heterocycles. The number of nitrogens with two attached hydrogens (primary N) is 1. The number of fused-ring (bicyclic) bond motifs is 5. The number of piperidine rings is 1. The molecule has 9 nitrogen and oxygen atoms in total. The number of hydrogen-bond donors (Lipinski definition) is 1. The summed E-state index contributed by atoms with van der Waals surface area (Å²) in [5, 5.41) is 0.617. The van der Waals surface area contributed by atoms with Crippen LogP contribution in [-0.2, 0) is 24.0 Å². The Kier molecular flexibility index (Phi) is 4.68. The number of allylic oxidation sites excluding steroid dienone is 2. The highest BCUT2D eigenvalue weighted by molar-refractivity contribution is 6.06. The molecule has 4 aliphatic rings. The number of nitrogens with zero attached hydrogens (tertiary/aromatic N) is 2. The Hall–Kier alpha value is -2.42. The maximum atomic E-state index is 12.9. The quantitative estimate of drug-likeness (QED) is 0.537. The lowest BCUT2D eigenvalue weighted by Crippen LogP contribution is -2.56. The molecular weight excluding hydrogens is 378 g/mol. The molecule has 0 aromatic rings. The summed E-state index contributed by atoms with van der Waals surface area (Å²) in [7, 11) is 0. The number of amides is 3. The van der Waals surface area contributed by atoms with Gasteiger partial charge in [-0.25, -0.2) is 9.59 Å². The molecule has 0 aromatic carbocycles. The highest BCUT2D eigenvalue weighted by Gasteiger charge is 2.61. The Balaban J connectivity index is 1.47. The van der Waals surface area contributed by atoms with Crippen LogP contribution in [0.25, 0.3) is 0 Å². The van der Waals surface area contributed by atoms with Crippen molar-refractivity contribution in [3.05, 3.63) is 12.2 Å². The SMILES string of the molecule is CC(C)(C)OC(=O)N1C[C@H](N)CC[C@H]1C(=O)ON1C(=O)C2C3C=CC(C3)C2C1=O. The molecule has 3 fully saturated rings. The van der Waals surface area contributed by atoms with Crippen molar-refractivity contribution < 1.29 is 28.8 Å². The van der Waals surface area contributed by atoms with Crippen LogP contribution in [0.5, 0.6) is 0 Å². The zero-order valence-electron chi connectivity index (χ0n) is 16.9. The molecule has 1 saturated carbocycles. The number of hydroxylamine groups is 2. The highest BCUT2D eigenvalue weighted by Crippen LogP contribution is 2.52. The second-order valence-corrected chi connectivity index (χ2v) is 9.37. The van der Waals surface area contributed by atoms with Crippen LogP contribution < -0.4 is 5.73 Å². The number of imide groups is 1. The third-order valence-electron chi connectivity index (χ3n) is 6.13. The summed E-state index contributed by atoms with van der Waals surface area (Å²) >= 11 is 0. The fourth-order valence-electron chi connectivity index (χ4n) is 4.88. The van der Waals surface area contributed by atoms with Gasteiger partial charge in [0.25, 0.3) is 11.8 Å². The van der Waals surface area contributed by atoms with E-state index in [2.05, 4.69) is 0 Å². The Labute approximate surface area is 169 Å². The average molecular weight is 405 g/mol. The van der Waals surface area contributed by atoms with Crippen molar-refractivity contribution in [3.63, 3.8) is 0 Å². The number of carbonyl (C=O) groups is 4. The van der Waals surface area contributed by atoms with Crippen molar-refractivity contribution >= 4 is 23.9 Å². The minimum Gasteiger partial charge on any atom is -0.444 e. The molecule has 2 aliphatic carbocycles. The van der Waals surface area contributed by atoms with Gasteiger partial charge in [0.05, 0.1) is 11.8 Å². The van der Waals surface area contributed by atoms with Gasteiger partial charge in [0, 0.05) is 12.6 Å². The molecule has 2 bridgehead atoms. The minimum atomic E-state index is -0.958. The zero-order chi connectivity index (χ0) is 21.1. The first-order chi connectivity index (χ1) is 13.6. The van der Waals surface area contributed by atoms with E-state index in [1.54, 1.807) is 20.8 Å². The van der Waals surface area contributed by atoms with Gasteiger partial charge in [-0.1, -0.05) is 12.2 Å². The van der Waals surface area contributed by atoms with Crippen molar-refractivity contribution in [2.45, 2.75) is 57.7 Å². The molecular formula is C20H27N3O6. The second kappa shape index (κ2) is 6.83.